The Balaban J connectivity index is 1.72. The van der Waals surface area contributed by atoms with Gasteiger partial charge in [-0.05, 0) is 17.7 Å². The molecule has 1 aromatic heterocycles. The number of fused-ring (bicyclic) bond motifs is 3. The van der Waals surface area contributed by atoms with Gasteiger partial charge in [-0.3, -0.25) is 4.90 Å². The fraction of sp³-hybridized carbons (Fsp3) is 0.438. The van der Waals surface area contributed by atoms with Crippen molar-refractivity contribution in [1.29, 1.82) is 0 Å². The molecule has 0 bridgehead atoms. The third-order valence-electron chi connectivity index (χ3n) is 4.34. The van der Waals surface area contributed by atoms with E-state index in [0.29, 0.717) is 12.4 Å². The Morgan fingerprint density at radius 3 is 3.00 bits per heavy atom. The molecule has 1 fully saturated rings. The maximum Gasteiger partial charge on any atom is 0.328 e. The number of carbonyl (C=O) groups is 1. The molecule has 1 aromatic carbocycles. The second-order valence-electron chi connectivity index (χ2n) is 5.92. The van der Waals surface area contributed by atoms with Gasteiger partial charge in [-0.25, -0.2) is 14.3 Å². The molecular weight excluding hydrogens is 308 g/mol. The molecule has 0 aliphatic carbocycles. The Kier molecular flexibility index (Phi) is 3.91. The predicted octanol–water partition coefficient (Wildman–Crippen LogP) is 0.363. The number of nitrogens with one attached hydrogen (secondary N) is 2. The summed E-state index contributed by atoms with van der Waals surface area (Å²) in [6.45, 7) is 4.64. The standard InChI is InChI=1S/C16H20N6O2/c1-17-20-13-9-18-16(23)22-14-8-11(2-3-12(14)19-15(13)22)10-21-4-6-24-7-5-21/h2-3,8,17H,4-7,9-10H2,1H3,(H,18,23)/b20-13+. The first-order chi connectivity index (χ1) is 11.8. The molecule has 4 rings (SSSR count). The molecular formula is C16H20N6O2. The summed E-state index contributed by atoms with van der Waals surface area (Å²) in [7, 11) is 1.73. The largest absolute Gasteiger partial charge is 0.379 e. The van der Waals surface area contributed by atoms with Gasteiger partial charge < -0.3 is 15.5 Å². The predicted molar refractivity (Wildman–Crippen MR) is 90.2 cm³/mol. The molecule has 0 unspecified atom stereocenters. The summed E-state index contributed by atoms with van der Waals surface area (Å²) in [5.41, 5.74) is 6.28. The average Bonchev–Trinajstić information content (AvgIpc) is 2.98. The number of rotatable bonds is 3. The van der Waals surface area contributed by atoms with Crippen LogP contribution in [0.1, 0.15) is 11.4 Å². The molecule has 0 saturated carbocycles. The normalized spacial score (nSPS) is 20.2. The van der Waals surface area contributed by atoms with Gasteiger partial charge in [-0.15, -0.1) is 0 Å². The van der Waals surface area contributed by atoms with Gasteiger partial charge in [-0.1, -0.05) is 6.07 Å². The number of imidazole rings is 1. The highest BCUT2D eigenvalue weighted by Gasteiger charge is 2.26. The third-order valence-corrected chi connectivity index (χ3v) is 4.34. The average molecular weight is 328 g/mol. The van der Waals surface area contributed by atoms with E-state index in [-0.39, 0.29) is 6.03 Å². The van der Waals surface area contributed by atoms with E-state index in [4.69, 9.17) is 4.74 Å². The van der Waals surface area contributed by atoms with Crippen molar-refractivity contribution < 1.29 is 9.53 Å². The van der Waals surface area contributed by atoms with Crippen LogP contribution in [-0.2, 0) is 11.3 Å². The van der Waals surface area contributed by atoms with Crippen LogP contribution in [-0.4, -0.2) is 66.1 Å². The number of hydrazone groups is 1. The molecule has 2 aliphatic heterocycles. The van der Waals surface area contributed by atoms with Gasteiger partial charge in [0, 0.05) is 26.7 Å². The van der Waals surface area contributed by atoms with E-state index < -0.39 is 0 Å². The minimum Gasteiger partial charge on any atom is -0.379 e. The SMILES string of the molecule is CN/N=C1\CNC(=O)n2c1nc1ccc(CN3CCOCC3)cc12. The van der Waals surface area contributed by atoms with Crippen LogP contribution >= 0.6 is 0 Å². The molecule has 0 spiro atoms. The highest BCUT2D eigenvalue weighted by Crippen LogP contribution is 2.21. The number of amides is 1. The zero-order chi connectivity index (χ0) is 16.5. The van der Waals surface area contributed by atoms with E-state index in [1.165, 1.54) is 0 Å². The topological polar surface area (TPSA) is 83.8 Å². The van der Waals surface area contributed by atoms with E-state index in [0.717, 1.165) is 55.2 Å². The van der Waals surface area contributed by atoms with Crippen molar-refractivity contribution in [3.63, 3.8) is 0 Å². The zero-order valence-corrected chi connectivity index (χ0v) is 13.6. The van der Waals surface area contributed by atoms with Gasteiger partial charge in [0.15, 0.2) is 5.82 Å². The van der Waals surface area contributed by atoms with Crippen LogP contribution in [0.25, 0.3) is 11.0 Å². The second kappa shape index (κ2) is 6.21. The molecule has 8 nitrogen and oxygen atoms in total. The number of hydrogen-bond acceptors (Lipinski definition) is 6. The minimum absolute atomic E-state index is 0.161. The minimum atomic E-state index is -0.161. The van der Waals surface area contributed by atoms with Crippen LogP contribution in [0.3, 0.4) is 0 Å². The van der Waals surface area contributed by atoms with Gasteiger partial charge in [-0.2, -0.15) is 5.10 Å². The van der Waals surface area contributed by atoms with Crippen molar-refractivity contribution in [2.24, 2.45) is 5.10 Å². The molecule has 0 radical (unpaired) electrons. The number of morpholine rings is 1. The summed E-state index contributed by atoms with van der Waals surface area (Å²) >= 11 is 0. The number of hydrogen-bond donors (Lipinski definition) is 2. The van der Waals surface area contributed by atoms with E-state index in [1.54, 1.807) is 11.6 Å². The molecule has 2 aromatic rings. The molecule has 1 amide bonds. The Morgan fingerprint density at radius 1 is 1.38 bits per heavy atom. The molecule has 0 atom stereocenters. The molecule has 2 aliphatic rings. The van der Waals surface area contributed by atoms with Gasteiger partial charge in [0.25, 0.3) is 0 Å². The van der Waals surface area contributed by atoms with Crippen molar-refractivity contribution in [3.05, 3.63) is 29.6 Å². The van der Waals surface area contributed by atoms with E-state index in [2.05, 4.69) is 31.8 Å². The summed E-state index contributed by atoms with van der Waals surface area (Å²) < 4.78 is 7.00. The molecule has 2 N–H and O–H groups in total. The fourth-order valence-electron chi connectivity index (χ4n) is 3.18. The van der Waals surface area contributed by atoms with Crippen LogP contribution in [0.2, 0.25) is 0 Å². The summed E-state index contributed by atoms with van der Waals surface area (Å²) in [5, 5.41) is 7.06. The summed E-state index contributed by atoms with van der Waals surface area (Å²) in [6.07, 6.45) is 0. The number of aromatic nitrogens is 2. The van der Waals surface area contributed by atoms with Gasteiger partial charge in [0.1, 0.15) is 5.71 Å². The number of ether oxygens (including phenoxy) is 1. The van der Waals surface area contributed by atoms with Crippen LogP contribution in [0.4, 0.5) is 4.79 Å². The quantitative estimate of drug-likeness (QED) is 0.795. The smallest absolute Gasteiger partial charge is 0.328 e. The summed E-state index contributed by atoms with van der Waals surface area (Å²) in [5.74, 6) is 0.603. The van der Waals surface area contributed by atoms with Crippen LogP contribution in [0.15, 0.2) is 23.3 Å². The summed E-state index contributed by atoms with van der Waals surface area (Å²) in [6, 6.07) is 5.93. The Hall–Kier alpha value is -2.45. The Labute approximate surface area is 139 Å². The van der Waals surface area contributed by atoms with Crippen LogP contribution < -0.4 is 10.7 Å². The molecule has 8 heteroatoms. The molecule has 3 heterocycles. The first-order valence-electron chi connectivity index (χ1n) is 8.09. The lowest BCUT2D eigenvalue weighted by Gasteiger charge is -2.26. The molecule has 24 heavy (non-hydrogen) atoms. The van der Waals surface area contributed by atoms with E-state index in [9.17, 15) is 4.79 Å². The van der Waals surface area contributed by atoms with Crippen molar-refractivity contribution in [2.75, 3.05) is 39.9 Å². The Morgan fingerprint density at radius 2 is 2.21 bits per heavy atom. The summed E-state index contributed by atoms with van der Waals surface area (Å²) in [4.78, 5) is 19.3. The maximum atomic E-state index is 12.3. The lowest BCUT2D eigenvalue weighted by Crippen LogP contribution is -2.42. The van der Waals surface area contributed by atoms with Crippen molar-refractivity contribution in [2.45, 2.75) is 6.54 Å². The fourth-order valence-corrected chi connectivity index (χ4v) is 3.18. The van der Waals surface area contributed by atoms with E-state index in [1.807, 2.05) is 12.1 Å². The maximum absolute atomic E-state index is 12.3. The first kappa shape index (κ1) is 15.1. The lowest BCUT2D eigenvalue weighted by molar-refractivity contribution is 0.0342. The van der Waals surface area contributed by atoms with Crippen LogP contribution in [0, 0.1) is 0 Å². The number of nitrogens with zero attached hydrogens (tertiary/aromatic N) is 4. The Bertz CT molecular complexity index is 806. The van der Waals surface area contributed by atoms with Crippen LogP contribution in [0.5, 0.6) is 0 Å². The van der Waals surface area contributed by atoms with Gasteiger partial charge in [0.2, 0.25) is 0 Å². The first-order valence-corrected chi connectivity index (χ1v) is 8.09. The second-order valence-corrected chi connectivity index (χ2v) is 5.92. The van der Waals surface area contributed by atoms with Gasteiger partial charge in [0.05, 0.1) is 30.8 Å². The molecule has 126 valence electrons. The monoisotopic (exact) mass is 328 g/mol. The lowest BCUT2D eigenvalue weighted by atomic mass is 10.2. The highest BCUT2D eigenvalue weighted by atomic mass is 16.5. The van der Waals surface area contributed by atoms with Crippen molar-refractivity contribution >= 4 is 22.8 Å². The van der Waals surface area contributed by atoms with Crippen molar-refractivity contribution in [3.8, 4) is 0 Å². The van der Waals surface area contributed by atoms with Crippen molar-refractivity contribution in [1.82, 2.24) is 25.2 Å². The van der Waals surface area contributed by atoms with Gasteiger partial charge >= 0.3 is 6.03 Å². The zero-order valence-electron chi connectivity index (χ0n) is 13.6. The molecule has 1 saturated heterocycles. The van der Waals surface area contributed by atoms with E-state index >= 15 is 0 Å². The number of benzene rings is 1. The highest BCUT2D eigenvalue weighted by molar-refractivity contribution is 6.09. The third kappa shape index (κ3) is 2.63. The number of carbonyl (C=O) groups excluding carboxylic acids is 1.